The number of para-hydroxylation sites is 1. The summed E-state index contributed by atoms with van der Waals surface area (Å²) in [4.78, 5) is 17.1. The van der Waals surface area contributed by atoms with Crippen LogP contribution in [-0.2, 0) is 21.4 Å². The van der Waals surface area contributed by atoms with Gasteiger partial charge in [0.2, 0.25) is 15.9 Å². The summed E-state index contributed by atoms with van der Waals surface area (Å²) in [5, 5.41) is 2.93. The number of amides is 1. The number of sulfonamides is 1. The third-order valence-electron chi connectivity index (χ3n) is 5.17. The zero-order valence-corrected chi connectivity index (χ0v) is 18.2. The minimum Gasteiger partial charge on any atom is -0.369 e. The molecule has 0 radical (unpaired) electrons. The van der Waals surface area contributed by atoms with E-state index < -0.39 is 10.0 Å². The van der Waals surface area contributed by atoms with E-state index in [0.29, 0.717) is 6.54 Å². The fraction of sp³-hybridized carbons (Fsp3) is 0.318. The van der Waals surface area contributed by atoms with Crippen molar-refractivity contribution in [3.63, 3.8) is 0 Å². The van der Waals surface area contributed by atoms with E-state index in [1.807, 2.05) is 18.2 Å². The van der Waals surface area contributed by atoms with Gasteiger partial charge in [0.15, 0.2) is 0 Å². The maximum Gasteiger partial charge on any atom is 0.244 e. The first-order valence-corrected chi connectivity index (χ1v) is 11.4. The van der Waals surface area contributed by atoms with Gasteiger partial charge in [-0.1, -0.05) is 30.3 Å². The van der Waals surface area contributed by atoms with Crippen LogP contribution in [0.15, 0.2) is 59.5 Å². The molecule has 3 rings (SSSR count). The van der Waals surface area contributed by atoms with Crippen molar-refractivity contribution in [2.75, 3.05) is 45.2 Å². The van der Waals surface area contributed by atoms with E-state index in [4.69, 9.17) is 0 Å². The Balaban J connectivity index is 1.59. The van der Waals surface area contributed by atoms with Crippen LogP contribution in [0, 0.1) is 0 Å². The second kappa shape index (κ2) is 9.88. The van der Waals surface area contributed by atoms with Crippen molar-refractivity contribution < 1.29 is 13.2 Å². The molecule has 0 saturated carbocycles. The van der Waals surface area contributed by atoms with Crippen LogP contribution >= 0.6 is 0 Å². The molecule has 0 bridgehead atoms. The number of nitrogens with one attached hydrogen (secondary N) is 2. The third kappa shape index (κ3) is 5.69. The Kier molecular flexibility index (Phi) is 7.25. The Hall–Kier alpha value is -2.68. The van der Waals surface area contributed by atoms with Gasteiger partial charge in [0.25, 0.3) is 0 Å². The molecule has 0 atom stereocenters. The minimum atomic E-state index is -3.46. The van der Waals surface area contributed by atoms with Crippen LogP contribution < -0.4 is 14.9 Å². The molecule has 30 heavy (non-hydrogen) atoms. The van der Waals surface area contributed by atoms with Crippen molar-refractivity contribution in [1.29, 1.82) is 0 Å². The van der Waals surface area contributed by atoms with Gasteiger partial charge in [-0.2, -0.15) is 0 Å². The molecule has 2 aromatic carbocycles. The zero-order chi connectivity index (χ0) is 21.6. The molecule has 2 aromatic rings. The van der Waals surface area contributed by atoms with Gasteiger partial charge < -0.3 is 15.1 Å². The highest BCUT2D eigenvalue weighted by molar-refractivity contribution is 7.89. The van der Waals surface area contributed by atoms with Crippen molar-refractivity contribution in [3.05, 3.63) is 65.7 Å². The van der Waals surface area contributed by atoms with Gasteiger partial charge in [-0.25, -0.2) is 13.1 Å². The summed E-state index contributed by atoms with van der Waals surface area (Å²) < 4.78 is 25.8. The lowest BCUT2D eigenvalue weighted by Crippen LogP contribution is -2.45. The molecule has 8 heteroatoms. The van der Waals surface area contributed by atoms with Crippen LogP contribution in [0.3, 0.4) is 0 Å². The third-order valence-corrected chi connectivity index (χ3v) is 6.61. The summed E-state index contributed by atoms with van der Waals surface area (Å²) >= 11 is 0. The predicted octanol–water partition coefficient (Wildman–Crippen LogP) is 1.68. The molecule has 2 N–H and O–H groups in total. The van der Waals surface area contributed by atoms with E-state index >= 15 is 0 Å². The zero-order valence-electron chi connectivity index (χ0n) is 17.3. The van der Waals surface area contributed by atoms with Crippen molar-refractivity contribution in [2.24, 2.45) is 0 Å². The van der Waals surface area contributed by atoms with Gasteiger partial charge in [0.05, 0.1) is 4.90 Å². The van der Waals surface area contributed by atoms with E-state index in [1.165, 1.54) is 25.3 Å². The number of piperazine rings is 1. The average Bonchev–Trinajstić information content (AvgIpc) is 2.77. The number of benzene rings is 2. The van der Waals surface area contributed by atoms with E-state index in [2.05, 4.69) is 33.0 Å². The van der Waals surface area contributed by atoms with Crippen LogP contribution in [0.2, 0.25) is 0 Å². The van der Waals surface area contributed by atoms with E-state index in [-0.39, 0.29) is 10.8 Å². The Morgan fingerprint density at radius 3 is 2.37 bits per heavy atom. The second-order valence-electron chi connectivity index (χ2n) is 7.25. The summed E-state index contributed by atoms with van der Waals surface area (Å²) in [5.41, 5.74) is 3.00. The molecular weight excluding hydrogens is 400 g/mol. The summed E-state index contributed by atoms with van der Waals surface area (Å²) in [6.45, 7) is 4.45. The number of rotatable bonds is 7. The average molecular weight is 429 g/mol. The quantitative estimate of drug-likeness (QED) is 0.656. The second-order valence-corrected chi connectivity index (χ2v) is 9.13. The molecule has 1 fully saturated rings. The van der Waals surface area contributed by atoms with Crippen LogP contribution in [0.1, 0.15) is 11.1 Å². The molecule has 1 aliphatic heterocycles. The number of likely N-dealkylation sites (N-methyl/N-ethyl adjacent to an activating group) is 1. The first-order chi connectivity index (χ1) is 14.4. The first kappa shape index (κ1) is 22.0. The Labute approximate surface area is 178 Å². The Bertz CT molecular complexity index is 995. The molecule has 1 heterocycles. The van der Waals surface area contributed by atoms with Crippen LogP contribution in [0.5, 0.6) is 0 Å². The lowest BCUT2D eigenvalue weighted by Gasteiger charge is -2.35. The molecular formula is C22H28N4O3S. The summed E-state index contributed by atoms with van der Waals surface area (Å²) in [6.07, 6.45) is 3.12. The fourth-order valence-corrected chi connectivity index (χ4v) is 4.04. The summed E-state index contributed by atoms with van der Waals surface area (Å²) in [5.74, 6) is -0.199. The number of nitrogens with zero attached hydrogens (tertiary/aromatic N) is 2. The molecule has 0 spiro atoms. The van der Waals surface area contributed by atoms with E-state index in [1.54, 1.807) is 18.2 Å². The Morgan fingerprint density at radius 2 is 1.70 bits per heavy atom. The first-order valence-electron chi connectivity index (χ1n) is 9.90. The molecule has 0 aromatic heterocycles. The number of hydrogen-bond acceptors (Lipinski definition) is 5. The topological polar surface area (TPSA) is 81.7 Å². The van der Waals surface area contributed by atoms with Gasteiger partial charge in [0.1, 0.15) is 0 Å². The summed E-state index contributed by atoms with van der Waals surface area (Å²) in [7, 11) is 0.0363. The maximum absolute atomic E-state index is 12.3. The Morgan fingerprint density at radius 1 is 1.03 bits per heavy atom. The lowest BCUT2D eigenvalue weighted by molar-refractivity contribution is -0.116. The van der Waals surface area contributed by atoms with Crippen molar-refractivity contribution in [1.82, 2.24) is 14.9 Å². The molecule has 160 valence electrons. The van der Waals surface area contributed by atoms with Crippen molar-refractivity contribution in [3.8, 4) is 0 Å². The molecule has 7 nitrogen and oxygen atoms in total. The van der Waals surface area contributed by atoms with E-state index in [9.17, 15) is 13.2 Å². The highest BCUT2D eigenvalue weighted by Gasteiger charge is 2.16. The number of hydrogen-bond donors (Lipinski definition) is 2. The number of carbonyl (C=O) groups is 1. The number of anilines is 1. The molecule has 1 amide bonds. The minimum absolute atomic E-state index is 0.187. The molecule has 1 aliphatic rings. The van der Waals surface area contributed by atoms with Crippen molar-refractivity contribution >= 4 is 27.7 Å². The van der Waals surface area contributed by atoms with Crippen molar-refractivity contribution in [2.45, 2.75) is 11.4 Å². The normalized spacial score (nSPS) is 15.5. The standard InChI is InChI=1S/C22H28N4O3S/c1-23-30(28,29)20-10-7-18(8-11-20)9-12-22(27)24-17-19-5-3-4-6-21(19)26-15-13-25(2)14-16-26/h3-12,23H,13-17H2,1-2H3,(H,24,27)/b12-9+. The highest BCUT2D eigenvalue weighted by atomic mass is 32.2. The van der Waals surface area contributed by atoms with Gasteiger partial charge in [-0.05, 0) is 49.5 Å². The highest BCUT2D eigenvalue weighted by Crippen LogP contribution is 2.21. The number of carbonyl (C=O) groups excluding carboxylic acids is 1. The predicted molar refractivity (Wildman–Crippen MR) is 120 cm³/mol. The van der Waals surface area contributed by atoms with Crippen LogP contribution in [-0.4, -0.2) is 59.5 Å². The van der Waals surface area contributed by atoms with Gasteiger partial charge in [-0.15, -0.1) is 0 Å². The molecule has 0 aliphatic carbocycles. The summed E-state index contributed by atoms with van der Waals surface area (Å²) in [6, 6.07) is 14.5. The monoisotopic (exact) mass is 428 g/mol. The fourth-order valence-electron chi connectivity index (χ4n) is 3.31. The van der Waals surface area contributed by atoms with Gasteiger partial charge >= 0.3 is 0 Å². The molecule has 1 saturated heterocycles. The largest absolute Gasteiger partial charge is 0.369 e. The molecule has 0 unspecified atom stereocenters. The van der Waals surface area contributed by atoms with Crippen LogP contribution in [0.4, 0.5) is 5.69 Å². The SMILES string of the molecule is CNS(=O)(=O)c1ccc(/C=C/C(=O)NCc2ccccc2N2CCN(C)CC2)cc1. The van der Waals surface area contributed by atoms with Gasteiger partial charge in [-0.3, -0.25) is 4.79 Å². The van der Waals surface area contributed by atoms with Crippen LogP contribution in [0.25, 0.3) is 6.08 Å². The smallest absolute Gasteiger partial charge is 0.244 e. The van der Waals surface area contributed by atoms with Gasteiger partial charge in [0, 0.05) is 44.5 Å². The van der Waals surface area contributed by atoms with E-state index in [0.717, 1.165) is 43.0 Å². The maximum atomic E-state index is 12.3. The lowest BCUT2D eigenvalue weighted by atomic mass is 10.1.